The molecule has 1 atom stereocenters. The fraction of sp³-hybridized carbons (Fsp3) is 0.273. The van der Waals surface area contributed by atoms with Gasteiger partial charge in [0.15, 0.2) is 0 Å². The van der Waals surface area contributed by atoms with Crippen LogP contribution in [0.1, 0.15) is 31.7 Å². The lowest BCUT2D eigenvalue weighted by molar-refractivity contribution is -0.143. The van der Waals surface area contributed by atoms with Crippen LogP contribution in [0.4, 0.5) is 0 Å². The molecule has 2 aromatic carbocycles. The highest BCUT2D eigenvalue weighted by molar-refractivity contribution is 5.93. The van der Waals surface area contributed by atoms with Gasteiger partial charge in [-0.1, -0.05) is 48.5 Å². The number of rotatable bonds is 6. The number of para-hydroxylation sites is 1. The summed E-state index contributed by atoms with van der Waals surface area (Å²) in [6.45, 7) is 3.89. The minimum absolute atomic E-state index is 0.0305. The number of benzene rings is 2. The summed E-state index contributed by atoms with van der Waals surface area (Å²) in [4.78, 5) is 24.8. The maximum atomic E-state index is 12.5. The molecule has 0 aliphatic carbocycles. The van der Waals surface area contributed by atoms with E-state index in [1.54, 1.807) is 13.8 Å². The standard InChI is InChI=1S/C22H23NO5/c1-3-26-18(24)13-17-16-12-8-11-15(14-9-6-5-7-10-14)20(16)28-21(23)19(17)22(25)27-4-2/h5-12,17H,3-4,13,23H2,1-2H3. The molecule has 6 heteroatoms. The van der Waals surface area contributed by atoms with Gasteiger partial charge >= 0.3 is 11.9 Å². The largest absolute Gasteiger partial charge is 0.466 e. The number of ether oxygens (including phenoxy) is 3. The van der Waals surface area contributed by atoms with Gasteiger partial charge in [-0.15, -0.1) is 0 Å². The van der Waals surface area contributed by atoms with Crippen LogP contribution in [0.2, 0.25) is 0 Å². The first kappa shape index (κ1) is 19.5. The second kappa shape index (κ2) is 8.61. The molecule has 1 aliphatic rings. The number of esters is 2. The van der Waals surface area contributed by atoms with E-state index in [4.69, 9.17) is 19.9 Å². The first-order chi connectivity index (χ1) is 13.6. The molecular formula is C22H23NO5. The Morgan fingerprint density at radius 2 is 1.71 bits per heavy atom. The third-order valence-electron chi connectivity index (χ3n) is 4.50. The average Bonchev–Trinajstić information content (AvgIpc) is 2.68. The van der Waals surface area contributed by atoms with Crippen LogP contribution in [-0.2, 0) is 19.1 Å². The van der Waals surface area contributed by atoms with Crippen molar-refractivity contribution < 1.29 is 23.8 Å². The van der Waals surface area contributed by atoms with Gasteiger partial charge in [0.2, 0.25) is 5.88 Å². The third kappa shape index (κ3) is 3.86. The molecule has 28 heavy (non-hydrogen) atoms. The van der Waals surface area contributed by atoms with Crippen LogP contribution < -0.4 is 10.5 Å². The van der Waals surface area contributed by atoms with Crippen molar-refractivity contribution in [3.63, 3.8) is 0 Å². The Morgan fingerprint density at radius 1 is 1.00 bits per heavy atom. The van der Waals surface area contributed by atoms with E-state index in [0.717, 1.165) is 11.1 Å². The molecule has 0 amide bonds. The van der Waals surface area contributed by atoms with Crippen LogP contribution in [0.5, 0.6) is 5.75 Å². The first-order valence-corrected chi connectivity index (χ1v) is 9.25. The minimum atomic E-state index is -0.606. The van der Waals surface area contributed by atoms with Crippen LogP contribution in [-0.4, -0.2) is 25.2 Å². The van der Waals surface area contributed by atoms with Crippen molar-refractivity contribution in [2.45, 2.75) is 26.2 Å². The third-order valence-corrected chi connectivity index (χ3v) is 4.50. The Morgan fingerprint density at radius 3 is 2.39 bits per heavy atom. The molecule has 6 nitrogen and oxygen atoms in total. The van der Waals surface area contributed by atoms with Crippen molar-refractivity contribution in [1.29, 1.82) is 0 Å². The smallest absolute Gasteiger partial charge is 0.340 e. The van der Waals surface area contributed by atoms with Gasteiger partial charge in [0.1, 0.15) is 11.3 Å². The van der Waals surface area contributed by atoms with E-state index in [2.05, 4.69) is 0 Å². The molecule has 0 spiro atoms. The van der Waals surface area contributed by atoms with E-state index in [1.807, 2.05) is 48.5 Å². The van der Waals surface area contributed by atoms with E-state index in [1.165, 1.54) is 0 Å². The molecule has 0 saturated carbocycles. The Labute approximate surface area is 163 Å². The van der Waals surface area contributed by atoms with E-state index >= 15 is 0 Å². The topological polar surface area (TPSA) is 87.9 Å². The van der Waals surface area contributed by atoms with Gasteiger partial charge in [-0.2, -0.15) is 0 Å². The molecule has 0 aromatic heterocycles. The summed E-state index contributed by atoms with van der Waals surface area (Å²) in [5, 5.41) is 0. The summed E-state index contributed by atoms with van der Waals surface area (Å²) in [7, 11) is 0. The van der Waals surface area contributed by atoms with Crippen molar-refractivity contribution in [2.75, 3.05) is 13.2 Å². The lowest BCUT2D eigenvalue weighted by atomic mass is 9.84. The van der Waals surface area contributed by atoms with Crippen molar-refractivity contribution in [3.05, 3.63) is 65.6 Å². The Bertz CT molecular complexity index is 904. The monoisotopic (exact) mass is 381 g/mol. The lowest BCUT2D eigenvalue weighted by Crippen LogP contribution is -2.28. The molecule has 0 fully saturated rings. The predicted molar refractivity (Wildman–Crippen MR) is 104 cm³/mol. The van der Waals surface area contributed by atoms with E-state index < -0.39 is 17.9 Å². The highest BCUT2D eigenvalue weighted by Crippen LogP contribution is 2.45. The molecular weight excluding hydrogens is 358 g/mol. The van der Waals surface area contributed by atoms with Crippen molar-refractivity contribution in [3.8, 4) is 16.9 Å². The van der Waals surface area contributed by atoms with Crippen LogP contribution in [0.15, 0.2) is 60.0 Å². The van der Waals surface area contributed by atoms with Crippen molar-refractivity contribution >= 4 is 11.9 Å². The molecule has 1 aliphatic heterocycles. The summed E-state index contributed by atoms with van der Waals surface area (Å²) in [6, 6.07) is 15.3. The Hall–Kier alpha value is -3.28. The number of nitrogens with two attached hydrogens (primary N) is 1. The van der Waals surface area contributed by atoms with E-state index in [0.29, 0.717) is 11.3 Å². The van der Waals surface area contributed by atoms with Crippen molar-refractivity contribution in [2.24, 2.45) is 5.73 Å². The molecule has 0 radical (unpaired) electrons. The van der Waals surface area contributed by atoms with Crippen LogP contribution in [0, 0.1) is 0 Å². The molecule has 1 heterocycles. The second-order valence-electron chi connectivity index (χ2n) is 6.25. The summed E-state index contributed by atoms with van der Waals surface area (Å²) >= 11 is 0. The summed E-state index contributed by atoms with van der Waals surface area (Å²) in [6.07, 6.45) is -0.0305. The number of fused-ring (bicyclic) bond motifs is 1. The summed E-state index contributed by atoms with van der Waals surface area (Å²) < 4.78 is 16.1. The van der Waals surface area contributed by atoms with Gasteiger partial charge in [-0.3, -0.25) is 4.79 Å². The molecule has 0 saturated heterocycles. The Balaban J connectivity index is 2.11. The number of carbonyl (C=O) groups excluding carboxylic acids is 2. The Kier molecular flexibility index (Phi) is 5.99. The zero-order valence-corrected chi connectivity index (χ0v) is 15.9. The fourth-order valence-corrected chi connectivity index (χ4v) is 3.33. The van der Waals surface area contributed by atoms with Crippen LogP contribution >= 0.6 is 0 Å². The average molecular weight is 381 g/mol. The minimum Gasteiger partial charge on any atom is -0.466 e. The molecule has 1 unspecified atom stereocenters. The predicted octanol–water partition coefficient (Wildman–Crippen LogP) is 3.52. The maximum absolute atomic E-state index is 12.5. The number of hydrogen-bond acceptors (Lipinski definition) is 6. The molecule has 3 rings (SSSR count). The fourth-order valence-electron chi connectivity index (χ4n) is 3.33. The van der Waals surface area contributed by atoms with Gasteiger partial charge in [0.05, 0.1) is 19.6 Å². The highest BCUT2D eigenvalue weighted by Gasteiger charge is 2.37. The molecule has 146 valence electrons. The second-order valence-corrected chi connectivity index (χ2v) is 6.25. The van der Waals surface area contributed by atoms with Gasteiger partial charge in [-0.25, -0.2) is 4.79 Å². The normalized spacial score (nSPS) is 15.4. The summed E-state index contributed by atoms with van der Waals surface area (Å²) in [5.74, 6) is -1.13. The van der Waals surface area contributed by atoms with E-state index in [-0.39, 0.29) is 31.1 Å². The zero-order chi connectivity index (χ0) is 20.1. The number of hydrogen-bond donors (Lipinski definition) is 1. The van der Waals surface area contributed by atoms with Gasteiger partial charge in [0, 0.05) is 17.0 Å². The highest BCUT2D eigenvalue weighted by atomic mass is 16.5. The van der Waals surface area contributed by atoms with Crippen LogP contribution in [0.3, 0.4) is 0 Å². The van der Waals surface area contributed by atoms with Gasteiger partial charge in [-0.05, 0) is 19.4 Å². The van der Waals surface area contributed by atoms with Crippen molar-refractivity contribution in [1.82, 2.24) is 0 Å². The number of carbonyl (C=O) groups is 2. The van der Waals surface area contributed by atoms with Gasteiger partial charge in [0.25, 0.3) is 0 Å². The zero-order valence-electron chi connectivity index (χ0n) is 15.9. The van der Waals surface area contributed by atoms with Crippen LogP contribution in [0.25, 0.3) is 11.1 Å². The molecule has 0 bridgehead atoms. The SMILES string of the molecule is CCOC(=O)CC1C(C(=O)OCC)=C(N)Oc2c(-c3ccccc3)cccc21. The molecule has 2 aromatic rings. The lowest BCUT2D eigenvalue weighted by Gasteiger charge is -2.29. The van der Waals surface area contributed by atoms with Gasteiger partial charge < -0.3 is 19.9 Å². The first-order valence-electron chi connectivity index (χ1n) is 9.25. The van der Waals surface area contributed by atoms with E-state index in [9.17, 15) is 9.59 Å². The quantitative estimate of drug-likeness (QED) is 0.771. The maximum Gasteiger partial charge on any atom is 0.340 e. The molecule has 2 N–H and O–H groups in total. The summed E-state index contributed by atoms with van der Waals surface area (Å²) in [5.41, 5.74) is 8.74.